The molecule has 0 aliphatic heterocycles. The van der Waals surface area contributed by atoms with Crippen LogP contribution in [-0.4, -0.2) is 25.5 Å². The summed E-state index contributed by atoms with van der Waals surface area (Å²) in [5.74, 6) is -0.00286. The summed E-state index contributed by atoms with van der Waals surface area (Å²) in [5, 5.41) is 11.3. The van der Waals surface area contributed by atoms with Crippen molar-refractivity contribution >= 4 is 43.1 Å². The number of nitrogens with zero attached hydrogens (tertiary/aromatic N) is 1. The van der Waals surface area contributed by atoms with E-state index < -0.39 is 16.1 Å². The molecular weight excluding hydrogens is 342 g/mol. The molecule has 0 saturated carbocycles. The van der Waals surface area contributed by atoms with Gasteiger partial charge in [-0.15, -0.1) is 11.3 Å². The molecule has 0 fully saturated rings. The third kappa shape index (κ3) is 4.23. The molecule has 9 heteroatoms. The first-order valence-electron chi connectivity index (χ1n) is 5.13. The SMILES string of the molecule is CCC(CC(N)=NO)NS(=O)(=O)c1ccc(Br)s1. The van der Waals surface area contributed by atoms with Gasteiger partial charge < -0.3 is 10.9 Å². The van der Waals surface area contributed by atoms with E-state index in [2.05, 4.69) is 25.8 Å². The van der Waals surface area contributed by atoms with Gasteiger partial charge in [-0.3, -0.25) is 0 Å². The molecular formula is C9H14BrN3O3S2. The highest BCUT2D eigenvalue weighted by Gasteiger charge is 2.21. The third-order valence-corrected chi connectivity index (χ3v) is 5.85. The Bertz CT molecular complexity index is 527. The van der Waals surface area contributed by atoms with Crippen LogP contribution < -0.4 is 10.5 Å². The van der Waals surface area contributed by atoms with Crippen LogP contribution in [-0.2, 0) is 10.0 Å². The molecule has 102 valence electrons. The van der Waals surface area contributed by atoms with E-state index in [0.29, 0.717) is 6.42 Å². The molecule has 0 aliphatic carbocycles. The van der Waals surface area contributed by atoms with Crippen molar-refractivity contribution in [2.75, 3.05) is 0 Å². The quantitative estimate of drug-likeness (QED) is 0.312. The molecule has 18 heavy (non-hydrogen) atoms. The number of oxime groups is 1. The predicted molar refractivity (Wildman–Crippen MR) is 74.4 cm³/mol. The van der Waals surface area contributed by atoms with E-state index in [1.807, 2.05) is 6.92 Å². The van der Waals surface area contributed by atoms with Crippen LogP contribution in [0.5, 0.6) is 0 Å². The van der Waals surface area contributed by atoms with Crippen LogP contribution in [0.25, 0.3) is 0 Å². The van der Waals surface area contributed by atoms with Gasteiger partial charge >= 0.3 is 0 Å². The van der Waals surface area contributed by atoms with E-state index in [9.17, 15) is 8.42 Å². The molecule has 0 radical (unpaired) electrons. The molecule has 0 saturated heterocycles. The van der Waals surface area contributed by atoms with Crippen LogP contribution in [0.4, 0.5) is 0 Å². The number of thiophene rings is 1. The Morgan fingerprint density at radius 3 is 2.78 bits per heavy atom. The van der Waals surface area contributed by atoms with E-state index in [4.69, 9.17) is 10.9 Å². The fourth-order valence-electron chi connectivity index (χ4n) is 1.28. The summed E-state index contributed by atoms with van der Waals surface area (Å²) in [6, 6.07) is 2.79. The van der Waals surface area contributed by atoms with Gasteiger partial charge in [0.2, 0.25) is 10.0 Å². The van der Waals surface area contributed by atoms with Crippen molar-refractivity contribution in [1.29, 1.82) is 0 Å². The Balaban J connectivity index is 2.81. The highest BCUT2D eigenvalue weighted by molar-refractivity contribution is 9.11. The number of hydrogen-bond acceptors (Lipinski definition) is 5. The first-order chi connectivity index (χ1) is 8.39. The summed E-state index contributed by atoms with van der Waals surface area (Å²) in [6.07, 6.45) is 0.709. The largest absolute Gasteiger partial charge is 0.409 e. The molecule has 0 aliphatic rings. The van der Waals surface area contributed by atoms with Gasteiger partial charge in [-0.1, -0.05) is 12.1 Å². The van der Waals surface area contributed by atoms with Crippen LogP contribution in [0.1, 0.15) is 19.8 Å². The minimum atomic E-state index is -3.56. The Kier molecular flexibility index (Phi) is 5.57. The molecule has 1 atom stereocenters. The Hall–Kier alpha value is -0.640. The topological polar surface area (TPSA) is 105 Å². The lowest BCUT2D eigenvalue weighted by molar-refractivity contribution is 0.316. The van der Waals surface area contributed by atoms with Gasteiger partial charge in [-0.05, 0) is 34.5 Å². The molecule has 4 N–H and O–H groups in total. The van der Waals surface area contributed by atoms with Gasteiger partial charge in [0.15, 0.2) is 0 Å². The Labute approximate surface area is 118 Å². The van der Waals surface area contributed by atoms with Crippen LogP contribution in [0.2, 0.25) is 0 Å². The number of rotatable bonds is 6. The van der Waals surface area contributed by atoms with Crippen molar-refractivity contribution in [3.8, 4) is 0 Å². The van der Waals surface area contributed by atoms with Gasteiger partial charge in [-0.2, -0.15) is 0 Å². The van der Waals surface area contributed by atoms with E-state index in [-0.39, 0.29) is 16.5 Å². The number of amidine groups is 1. The summed E-state index contributed by atoms with van der Waals surface area (Å²) in [4.78, 5) is 0. The van der Waals surface area contributed by atoms with E-state index in [1.54, 1.807) is 6.07 Å². The molecule has 0 amide bonds. The van der Waals surface area contributed by atoms with Gasteiger partial charge in [0, 0.05) is 12.5 Å². The number of nitrogens with one attached hydrogen (secondary N) is 1. The number of nitrogens with two attached hydrogens (primary N) is 1. The maximum Gasteiger partial charge on any atom is 0.250 e. The average Bonchev–Trinajstić information content (AvgIpc) is 2.75. The maximum atomic E-state index is 12.0. The Morgan fingerprint density at radius 1 is 1.67 bits per heavy atom. The van der Waals surface area contributed by atoms with E-state index >= 15 is 0 Å². The number of hydrogen-bond donors (Lipinski definition) is 3. The summed E-state index contributed by atoms with van der Waals surface area (Å²) < 4.78 is 27.5. The van der Waals surface area contributed by atoms with Gasteiger partial charge in [0.05, 0.1) is 3.79 Å². The van der Waals surface area contributed by atoms with Crippen LogP contribution in [0.3, 0.4) is 0 Å². The monoisotopic (exact) mass is 355 g/mol. The fraction of sp³-hybridized carbons (Fsp3) is 0.444. The minimum absolute atomic E-state index is 0.00286. The van der Waals surface area contributed by atoms with Crippen LogP contribution in [0, 0.1) is 0 Å². The molecule has 1 aromatic heterocycles. The summed E-state index contributed by atoms with van der Waals surface area (Å²) in [7, 11) is -3.56. The molecule has 1 heterocycles. The molecule has 0 spiro atoms. The first-order valence-corrected chi connectivity index (χ1v) is 8.22. The summed E-state index contributed by atoms with van der Waals surface area (Å²) in [6.45, 7) is 1.82. The highest BCUT2D eigenvalue weighted by atomic mass is 79.9. The lowest BCUT2D eigenvalue weighted by Gasteiger charge is -2.15. The zero-order valence-electron chi connectivity index (χ0n) is 9.63. The molecule has 6 nitrogen and oxygen atoms in total. The second-order valence-electron chi connectivity index (χ2n) is 3.58. The number of halogens is 1. The predicted octanol–water partition coefficient (Wildman–Crippen LogP) is 1.70. The molecule has 1 aromatic rings. The smallest absolute Gasteiger partial charge is 0.250 e. The molecule has 0 bridgehead atoms. The lowest BCUT2D eigenvalue weighted by Crippen LogP contribution is -2.37. The lowest BCUT2D eigenvalue weighted by atomic mass is 10.1. The zero-order valence-corrected chi connectivity index (χ0v) is 12.8. The van der Waals surface area contributed by atoms with Crippen molar-refractivity contribution < 1.29 is 13.6 Å². The average molecular weight is 356 g/mol. The van der Waals surface area contributed by atoms with Crippen molar-refractivity contribution in [2.45, 2.75) is 30.0 Å². The van der Waals surface area contributed by atoms with Crippen molar-refractivity contribution in [2.24, 2.45) is 10.9 Å². The normalized spacial score (nSPS) is 14.7. The van der Waals surface area contributed by atoms with Crippen LogP contribution in [0.15, 0.2) is 25.3 Å². The van der Waals surface area contributed by atoms with E-state index in [1.165, 1.54) is 6.07 Å². The van der Waals surface area contributed by atoms with Gasteiger partial charge in [-0.25, -0.2) is 13.1 Å². The summed E-state index contributed by atoms with van der Waals surface area (Å²) in [5.41, 5.74) is 5.37. The van der Waals surface area contributed by atoms with Crippen molar-refractivity contribution in [1.82, 2.24) is 4.72 Å². The second kappa shape index (κ2) is 6.50. The van der Waals surface area contributed by atoms with Crippen LogP contribution >= 0.6 is 27.3 Å². The highest BCUT2D eigenvalue weighted by Crippen LogP contribution is 2.26. The second-order valence-corrected chi connectivity index (χ2v) is 7.98. The van der Waals surface area contributed by atoms with Gasteiger partial charge in [0.25, 0.3) is 0 Å². The fourth-order valence-corrected chi connectivity index (χ4v) is 4.63. The standard InChI is InChI=1S/C9H14BrN3O3S2/c1-2-6(5-8(11)12-14)13-18(15,16)9-4-3-7(10)17-9/h3-4,6,13-14H,2,5H2,1H3,(H2,11,12). The van der Waals surface area contributed by atoms with Gasteiger partial charge in [0.1, 0.15) is 10.0 Å². The number of sulfonamides is 1. The molecule has 1 rings (SSSR count). The molecule has 0 aromatic carbocycles. The maximum absolute atomic E-state index is 12.0. The van der Waals surface area contributed by atoms with Crippen molar-refractivity contribution in [3.63, 3.8) is 0 Å². The third-order valence-electron chi connectivity index (χ3n) is 2.21. The first kappa shape index (κ1) is 15.4. The Morgan fingerprint density at radius 2 is 2.33 bits per heavy atom. The van der Waals surface area contributed by atoms with Crippen molar-refractivity contribution in [3.05, 3.63) is 15.9 Å². The van der Waals surface area contributed by atoms with E-state index in [0.717, 1.165) is 15.1 Å². The summed E-state index contributed by atoms with van der Waals surface area (Å²) >= 11 is 4.34. The minimum Gasteiger partial charge on any atom is -0.409 e. The molecule has 1 unspecified atom stereocenters. The zero-order chi connectivity index (χ0) is 13.8.